The summed E-state index contributed by atoms with van der Waals surface area (Å²) >= 11 is 0. The van der Waals surface area contributed by atoms with Gasteiger partial charge in [-0.15, -0.1) is 0 Å². The second kappa shape index (κ2) is 8.29. The highest BCUT2D eigenvalue weighted by atomic mass is 19.3. The first kappa shape index (κ1) is 17.8. The third-order valence-corrected chi connectivity index (χ3v) is 2.82. The van der Waals surface area contributed by atoms with Crippen LogP contribution in [0.2, 0.25) is 0 Å². The minimum absolute atomic E-state index is 0.256. The van der Waals surface area contributed by atoms with Crippen molar-refractivity contribution in [3.05, 3.63) is 35.6 Å². The second-order valence-electron chi connectivity index (χ2n) is 4.61. The maximum Gasteiger partial charge on any atom is 0.330 e. The average molecular weight is 311 g/mol. The minimum atomic E-state index is -4.20. The van der Waals surface area contributed by atoms with Gasteiger partial charge in [-0.25, -0.2) is 13.2 Å². The van der Waals surface area contributed by atoms with Crippen LogP contribution >= 0.6 is 0 Å². The summed E-state index contributed by atoms with van der Waals surface area (Å²) in [4.78, 5) is 0. The molecule has 0 amide bonds. The van der Waals surface area contributed by atoms with E-state index in [2.05, 4.69) is 10.1 Å². The summed E-state index contributed by atoms with van der Waals surface area (Å²) in [5.74, 6) is -4.71. The molecule has 1 unspecified atom stereocenters. The molecule has 7 heteroatoms. The number of hydrogen-bond donors (Lipinski definition) is 1. The fourth-order valence-electron chi connectivity index (χ4n) is 1.71. The quantitative estimate of drug-likeness (QED) is 0.701. The van der Waals surface area contributed by atoms with Crippen molar-refractivity contribution >= 4 is 0 Å². The molecule has 0 heterocycles. The topological polar surface area (TPSA) is 21.3 Å². The van der Waals surface area contributed by atoms with E-state index in [4.69, 9.17) is 0 Å². The van der Waals surface area contributed by atoms with Crippen molar-refractivity contribution in [2.24, 2.45) is 0 Å². The number of rotatable bonds is 9. The molecule has 0 radical (unpaired) electrons. The van der Waals surface area contributed by atoms with Gasteiger partial charge in [0, 0.05) is 5.56 Å². The summed E-state index contributed by atoms with van der Waals surface area (Å²) in [6.45, 7) is 0.692. The highest BCUT2D eigenvalue weighted by molar-refractivity contribution is 5.21. The molecule has 0 aliphatic rings. The van der Waals surface area contributed by atoms with Crippen LogP contribution in [-0.4, -0.2) is 32.1 Å². The molecular weight excluding hydrogens is 293 g/mol. The molecule has 1 aromatic rings. The maximum absolute atomic E-state index is 13.7. The smallest absolute Gasteiger partial charge is 0.330 e. The van der Waals surface area contributed by atoms with Gasteiger partial charge >= 0.3 is 12.3 Å². The van der Waals surface area contributed by atoms with Crippen LogP contribution in [0.3, 0.4) is 0 Å². The molecule has 0 spiro atoms. The molecule has 0 aliphatic carbocycles. The van der Waals surface area contributed by atoms with E-state index in [1.54, 1.807) is 6.07 Å². The van der Waals surface area contributed by atoms with Gasteiger partial charge in [0.15, 0.2) is 0 Å². The third kappa shape index (κ3) is 5.59. The fraction of sp³-hybridized carbons (Fsp3) is 0.571. The maximum atomic E-state index is 13.7. The van der Waals surface area contributed by atoms with Gasteiger partial charge in [0.05, 0.1) is 12.6 Å². The van der Waals surface area contributed by atoms with E-state index in [1.807, 2.05) is 6.92 Å². The van der Waals surface area contributed by atoms with Gasteiger partial charge < -0.3 is 10.1 Å². The molecule has 0 fully saturated rings. The lowest BCUT2D eigenvalue weighted by atomic mass is 10.1. The Morgan fingerprint density at radius 3 is 2.48 bits per heavy atom. The van der Waals surface area contributed by atoms with Crippen molar-refractivity contribution in [1.82, 2.24) is 5.32 Å². The van der Waals surface area contributed by atoms with Crippen molar-refractivity contribution in [3.63, 3.8) is 0 Å². The number of alkyl halides is 4. The van der Waals surface area contributed by atoms with Crippen molar-refractivity contribution < 1.29 is 26.7 Å². The Balaban J connectivity index is 2.65. The van der Waals surface area contributed by atoms with Crippen LogP contribution in [0.25, 0.3) is 0 Å². The first-order valence-corrected chi connectivity index (χ1v) is 6.60. The Morgan fingerprint density at radius 1 is 1.24 bits per heavy atom. The largest absolute Gasteiger partial charge is 0.373 e. The molecule has 0 aliphatic heterocycles. The van der Waals surface area contributed by atoms with Gasteiger partial charge in [0.25, 0.3) is 0 Å². The number of nitrogens with one attached hydrogen (secondary N) is 1. The monoisotopic (exact) mass is 311 g/mol. The van der Waals surface area contributed by atoms with E-state index in [0.29, 0.717) is 6.54 Å². The SMILES string of the molecule is CCCNC(COCC(F)(F)C(F)F)c1ccccc1F. The minimum Gasteiger partial charge on any atom is -0.373 e. The van der Waals surface area contributed by atoms with Crippen LogP contribution in [0.5, 0.6) is 0 Å². The van der Waals surface area contributed by atoms with Crippen LogP contribution in [0, 0.1) is 5.82 Å². The molecular formula is C14H18F5NO. The summed E-state index contributed by atoms with van der Waals surface area (Å²) in [6.07, 6.45) is -3.04. The fourth-order valence-corrected chi connectivity index (χ4v) is 1.71. The predicted octanol–water partition coefficient (Wildman–Crippen LogP) is 3.78. The summed E-state index contributed by atoms with van der Waals surface area (Å²) in [7, 11) is 0. The Labute approximate surface area is 120 Å². The van der Waals surface area contributed by atoms with Crippen LogP contribution < -0.4 is 5.32 Å². The number of hydrogen-bond acceptors (Lipinski definition) is 2. The number of halogens is 5. The molecule has 120 valence electrons. The Kier molecular flexibility index (Phi) is 7.04. The highest BCUT2D eigenvalue weighted by Gasteiger charge is 2.41. The van der Waals surface area contributed by atoms with E-state index >= 15 is 0 Å². The zero-order valence-electron chi connectivity index (χ0n) is 11.6. The van der Waals surface area contributed by atoms with Gasteiger partial charge in [-0.05, 0) is 19.0 Å². The molecule has 0 aromatic heterocycles. The predicted molar refractivity (Wildman–Crippen MR) is 69.2 cm³/mol. The standard InChI is InChI=1S/C14H18F5NO/c1-2-7-20-12(10-5-3-4-6-11(10)15)8-21-9-14(18,19)13(16)17/h3-6,12-13,20H,2,7-9H2,1H3. The Morgan fingerprint density at radius 2 is 1.90 bits per heavy atom. The van der Waals surface area contributed by atoms with E-state index in [-0.39, 0.29) is 12.2 Å². The number of ether oxygens (including phenoxy) is 1. The van der Waals surface area contributed by atoms with Gasteiger partial charge in [0.2, 0.25) is 0 Å². The zero-order chi connectivity index (χ0) is 15.9. The Hall–Kier alpha value is -1.21. The second-order valence-corrected chi connectivity index (χ2v) is 4.61. The van der Waals surface area contributed by atoms with E-state index in [0.717, 1.165) is 6.42 Å². The van der Waals surface area contributed by atoms with Crippen molar-refractivity contribution in [2.75, 3.05) is 19.8 Å². The summed E-state index contributed by atoms with van der Waals surface area (Å²) in [5, 5.41) is 2.94. The van der Waals surface area contributed by atoms with E-state index < -0.39 is 30.8 Å². The van der Waals surface area contributed by atoms with Crippen molar-refractivity contribution in [2.45, 2.75) is 31.7 Å². The Bertz CT molecular complexity index is 428. The van der Waals surface area contributed by atoms with Crippen LogP contribution in [0.1, 0.15) is 24.9 Å². The van der Waals surface area contributed by atoms with Gasteiger partial charge in [-0.3, -0.25) is 0 Å². The van der Waals surface area contributed by atoms with E-state index in [1.165, 1.54) is 18.2 Å². The first-order valence-electron chi connectivity index (χ1n) is 6.60. The molecule has 1 rings (SSSR count). The zero-order valence-corrected chi connectivity index (χ0v) is 11.6. The first-order chi connectivity index (χ1) is 9.88. The van der Waals surface area contributed by atoms with Gasteiger partial charge in [-0.1, -0.05) is 25.1 Å². The molecule has 1 aromatic carbocycles. The average Bonchev–Trinajstić information content (AvgIpc) is 2.43. The van der Waals surface area contributed by atoms with Crippen LogP contribution in [0.4, 0.5) is 22.0 Å². The van der Waals surface area contributed by atoms with Gasteiger partial charge in [0.1, 0.15) is 12.4 Å². The molecule has 1 atom stereocenters. The number of benzene rings is 1. The third-order valence-electron chi connectivity index (χ3n) is 2.82. The molecule has 0 saturated heterocycles. The summed E-state index contributed by atoms with van der Waals surface area (Å²) in [6, 6.07) is 5.18. The highest BCUT2D eigenvalue weighted by Crippen LogP contribution is 2.24. The van der Waals surface area contributed by atoms with Crippen LogP contribution in [0.15, 0.2) is 24.3 Å². The summed E-state index contributed by atoms with van der Waals surface area (Å²) < 4.78 is 67.9. The molecule has 0 bridgehead atoms. The molecule has 0 saturated carbocycles. The lowest BCUT2D eigenvalue weighted by Crippen LogP contribution is -2.35. The normalized spacial score (nSPS) is 13.7. The lowest BCUT2D eigenvalue weighted by Gasteiger charge is -2.21. The van der Waals surface area contributed by atoms with Crippen molar-refractivity contribution in [3.8, 4) is 0 Å². The molecule has 21 heavy (non-hydrogen) atoms. The summed E-state index contributed by atoms with van der Waals surface area (Å²) in [5.41, 5.74) is 0.256. The lowest BCUT2D eigenvalue weighted by molar-refractivity contribution is -0.167. The van der Waals surface area contributed by atoms with E-state index in [9.17, 15) is 22.0 Å². The molecule has 2 nitrogen and oxygen atoms in total. The van der Waals surface area contributed by atoms with Gasteiger partial charge in [-0.2, -0.15) is 8.78 Å². The van der Waals surface area contributed by atoms with Crippen molar-refractivity contribution in [1.29, 1.82) is 0 Å². The molecule has 1 N–H and O–H groups in total. The van der Waals surface area contributed by atoms with Crippen LogP contribution in [-0.2, 0) is 4.74 Å².